The van der Waals surface area contributed by atoms with Crippen LogP contribution in [-0.4, -0.2) is 49.4 Å². The van der Waals surface area contributed by atoms with Gasteiger partial charge in [-0.3, -0.25) is 14.7 Å². The third-order valence-electron chi connectivity index (χ3n) is 5.60. The largest absolute Gasteiger partial charge is 0.333 e. The molecule has 7 heteroatoms. The molecular formula is C21H27N5O2. The van der Waals surface area contributed by atoms with E-state index < -0.39 is 0 Å². The number of urea groups is 1. The number of imidazole rings is 1. The fourth-order valence-corrected chi connectivity index (χ4v) is 4.25. The van der Waals surface area contributed by atoms with Gasteiger partial charge in [0.05, 0.1) is 18.6 Å². The maximum absolute atomic E-state index is 12.9. The lowest BCUT2D eigenvalue weighted by molar-refractivity contribution is -0.131. The molecule has 2 aromatic heterocycles. The highest BCUT2D eigenvalue weighted by Gasteiger charge is 2.32. The fraction of sp³-hybridized carbons (Fsp3) is 0.524. The molecule has 1 aliphatic heterocycles. The molecule has 3 heterocycles. The van der Waals surface area contributed by atoms with Crippen molar-refractivity contribution in [3.8, 4) is 0 Å². The lowest BCUT2D eigenvalue weighted by atomic mass is 10.0. The van der Waals surface area contributed by atoms with Gasteiger partial charge in [0.25, 0.3) is 0 Å². The van der Waals surface area contributed by atoms with Crippen molar-refractivity contribution in [2.75, 3.05) is 13.1 Å². The average molecular weight is 381 g/mol. The van der Waals surface area contributed by atoms with Crippen LogP contribution in [0.25, 0.3) is 0 Å². The number of imide groups is 1. The van der Waals surface area contributed by atoms with Gasteiger partial charge in [-0.05, 0) is 57.2 Å². The maximum atomic E-state index is 12.9. The summed E-state index contributed by atoms with van der Waals surface area (Å²) >= 11 is 0. The number of amides is 3. The van der Waals surface area contributed by atoms with Gasteiger partial charge in [-0.15, -0.1) is 0 Å². The van der Waals surface area contributed by atoms with Gasteiger partial charge < -0.3 is 9.47 Å². The average Bonchev–Trinajstić information content (AvgIpc) is 3.07. The maximum Gasteiger partial charge on any atom is 0.327 e. The number of carbonyl (C=O) groups is 2. The zero-order valence-corrected chi connectivity index (χ0v) is 16.6. The molecule has 0 radical (unpaired) electrons. The van der Waals surface area contributed by atoms with Crippen molar-refractivity contribution in [1.82, 2.24) is 24.3 Å². The van der Waals surface area contributed by atoms with Crippen molar-refractivity contribution in [3.05, 3.63) is 46.8 Å². The number of aromatic nitrogens is 3. The van der Waals surface area contributed by atoms with Crippen molar-refractivity contribution >= 4 is 11.9 Å². The molecule has 1 saturated heterocycles. The van der Waals surface area contributed by atoms with Gasteiger partial charge in [-0.1, -0.05) is 0 Å². The second-order valence-corrected chi connectivity index (χ2v) is 7.80. The monoisotopic (exact) mass is 381 g/mol. The van der Waals surface area contributed by atoms with Crippen molar-refractivity contribution in [1.29, 1.82) is 0 Å². The standard InChI is InChI=1S/C21H27N5O2/c1-15-11-17(12-16(2)23-15)13-26-20(27)7-8-24(21(26)28)9-10-25-14-22-18-5-3-4-6-19(18)25/h11-12,14H,3-10,13H2,1-2H3. The Hall–Kier alpha value is -2.70. The summed E-state index contributed by atoms with van der Waals surface area (Å²) in [4.78, 5) is 37.4. The second-order valence-electron chi connectivity index (χ2n) is 7.80. The van der Waals surface area contributed by atoms with Crippen molar-refractivity contribution in [2.24, 2.45) is 0 Å². The third kappa shape index (κ3) is 3.79. The molecule has 0 N–H and O–H groups in total. The molecule has 1 aliphatic carbocycles. The first-order valence-corrected chi connectivity index (χ1v) is 10.1. The molecule has 7 nitrogen and oxygen atoms in total. The highest BCUT2D eigenvalue weighted by atomic mass is 16.2. The van der Waals surface area contributed by atoms with Crippen LogP contribution in [0.1, 0.15) is 47.6 Å². The van der Waals surface area contributed by atoms with Gasteiger partial charge in [0.2, 0.25) is 5.91 Å². The highest BCUT2D eigenvalue weighted by molar-refractivity contribution is 5.96. The van der Waals surface area contributed by atoms with Gasteiger partial charge in [-0.2, -0.15) is 0 Å². The van der Waals surface area contributed by atoms with Crippen LogP contribution in [0.3, 0.4) is 0 Å². The van der Waals surface area contributed by atoms with Crippen LogP contribution in [0.4, 0.5) is 4.79 Å². The quantitative estimate of drug-likeness (QED) is 0.798. The Morgan fingerprint density at radius 1 is 1.00 bits per heavy atom. The van der Waals surface area contributed by atoms with Crippen LogP contribution >= 0.6 is 0 Å². The molecule has 4 rings (SSSR count). The van der Waals surface area contributed by atoms with Crippen LogP contribution in [-0.2, 0) is 30.7 Å². The summed E-state index contributed by atoms with van der Waals surface area (Å²) in [7, 11) is 0. The van der Waals surface area contributed by atoms with E-state index in [9.17, 15) is 9.59 Å². The second kappa shape index (κ2) is 7.73. The minimum absolute atomic E-state index is 0.103. The van der Waals surface area contributed by atoms with Gasteiger partial charge in [0, 0.05) is 43.1 Å². The number of pyridine rings is 1. The van der Waals surface area contributed by atoms with Crippen molar-refractivity contribution < 1.29 is 9.59 Å². The molecule has 148 valence electrons. The molecule has 28 heavy (non-hydrogen) atoms. The summed E-state index contributed by atoms with van der Waals surface area (Å²) in [5, 5.41) is 0. The summed E-state index contributed by atoms with van der Waals surface area (Å²) in [6, 6.07) is 3.67. The molecular weight excluding hydrogens is 354 g/mol. The Morgan fingerprint density at radius 3 is 2.54 bits per heavy atom. The van der Waals surface area contributed by atoms with E-state index in [1.807, 2.05) is 32.3 Å². The van der Waals surface area contributed by atoms with Crippen molar-refractivity contribution in [3.63, 3.8) is 0 Å². The molecule has 2 aromatic rings. The number of fused-ring (bicyclic) bond motifs is 1. The summed E-state index contributed by atoms with van der Waals surface area (Å²) in [6.45, 7) is 5.96. The number of nitrogens with zero attached hydrogens (tertiary/aromatic N) is 5. The van der Waals surface area contributed by atoms with Gasteiger partial charge in [-0.25, -0.2) is 9.78 Å². The first kappa shape index (κ1) is 18.7. The van der Waals surface area contributed by atoms with E-state index in [2.05, 4.69) is 14.5 Å². The Morgan fingerprint density at radius 2 is 1.75 bits per heavy atom. The molecule has 2 aliphatic rings. The highest BCUT2D eigenvalue weighted by Crippen LogP contribution is 2.21. The summed E-state index contributed by atoms with van der Waals surface area (Å²) in [5.74, 6) is -0.103. The lowest BCUT2D eigenvalue weighted by Gasteiger charge is -2.34. The number of carbonyl (C=O) groups excluding carboxylic acids is 2. The van der Waals surface area contributed by atoms with E-state index in [4.69, 9.17) is 0 Å². The van der Waals surface area contributed by atoms with Crippen LogP contribution in [0.15, 0.2) is 18.5 Å². The molecule has 0 saturated carbocycles. The first-order valence-electron chi connectivity index (χ1n) is 10.1. The van der Waals surface area contributed by atoms with Crippen molar-refractivity contribution in [2.45, 2.75) is 59.0 Å². The molecule has 0 aromatic carbocycles. The fourth-order valence-electron chi connectivity index (χ4n) is 4.25. The van der Waals surface area contributed by atoms with Crippen LogP contribution < -0.4 is 0 Å². The minimum atomic E-state index is -0.197. The Kier molecular flexibility index (Phi) is 5.15. The van der Waals surface area contributed by atoms with E-state index in [1.54, 1.807) is 4.90 Å². The summed E-state index contributed by atoms with van der Waals surface area (Å²) in [6.07, 6.45) is 6.80. The van der Waals surface area contributed by atoms with E-state index in [1.165, 1.54) is 29.1 Å². The number of aryl methyl sites for hydroxylation is 3. The van der Waals surface area contributed by atoms with Crippen LogP contribution in [0, 0.1) is 13.8 Å². The molecule has 0 atom stereocenters. The molecule has 0 spiro atoms. The summed E-state index contributed by atoms with van der Waals surface area (Å²) in [5.41, 5.74) is 5.25. The van der Waals surface area contributed by atoms with Crippen LogP contribution in [0.2, 0.25) is 0 Å². The van der Waals surface area contributed by atoms with Gasteiger partial charge >= 0.3 is 6.03 Å². The molecule has 3 amide bonds. The zero-order valence-electron chi connectivity index (χ0n) is 16.6. The topological polar surface area (TPSA) is 71.3 Å². The summed E-state index contributed by atoms with van der Waals surface area (Å²) < 4.78 is 2.18. The minimum Gasteiger partial charge on any atom is -0.333 e. The predicted octanol–water partition coefficient (Wildman–Crippen LogP) is 2.63. The SMILES string of the molecule is Cc1cc(CN2C(=O)CCN(CCn3cnc4c3CCCC4)C2=O)cc(C)n1. The number of hydrogen-bond donors (Lipinski definition) is 0. The van der Waals surface area contributed by atoms with Crippen LogP contribution in [0.5, 0.6) is 0 Å². The number of hydrogen-bond acceptors (Lipinski definition) is 4. The first-order chi connectivity index (χ1) is 13.5. The molecule has 1 fully saturated rings. The smallest absolute Gasteiger partial charge is 0.327 e. The van der Waals surface area contributed by atoms with E-state index >= 15 is 0 Å². The predicted molar refractivity (Wildman–Crippen MR) is 105 cm³/mol. The zero-order chi connectivity index (χ0) is 19.7. The molecule has 0 unspecified atom stereocenters. The van der Waals surface area contributed by atoms with E-state index in [-0.39, 0.29) is 11.9 Å². The van der Waals surface area contributed by atoms with E-state index in [0.29, 0.717) is 26.1 Å². The number of rotatable bonds is 5. The Balaban J connectivity index is 1.43. The molecule has 0 bridgehead atoms. The van der Waals surface area contributed by atoms with Gasteiger partial charge in [0.15, 0.2) is 0 Å². The van der Waals surface area contributed by atoms with Gasteiger partial charge in [0.1, 0.15) is 0 Å². The Labute approximate surface area is 165 Å². The lowest BCUT2D eigenvalue weighted by Crippen LogP contribution is -2.52. The van der Waals surface area contributed by atoms with E-state index in [0.717, 1.165) is 36.3 Å². The Bertz CT molecular complexity index is 884. The normalized spacial score (nSPS) is 17.2. The third-order valence-corrected chi connectivity index (χ3v) is 5.60.